The second-order valence-electron chi connectivity index (χ2n) is 27.7. The zero-order valence-corrected chi connectivity index (χ0v) is 67.7. The molecule has 0 amide bonds. The van der Waals surface area contributed by atoms with Crippen LogP contribution in [0.4, 0.5) is 0 Å². The van der Waals surface area contributed by atoms with Crippen LogP contribution in [0.5, 0.6) is 0 Å². The van der Waals surface area contributed by atoms with Gasteiger partial charge in [0, 0.05) is 25.7 Å². The monoisotopic (exact) mass is 1510 g/mol. The summed E-state index contributed by atoms with van der Waals surface area (Å²) >= 11 is 0. The Morgan fingerprint density at radius 1 is 0.279 bits per heavy atom. The number of carbonyl (C=O) groups is 4. The molecule has 0 radical (unpaired) electrons. The Hall–Kier alpha value is -4.02. The number of rotatable bonds is 78. The van der Waals surface area contributed by atoms with Crippen molar-refractivity contribution in [1.29, 1.82) is 0 Å². The summed E-state index contributed by atoms with van der Waals surface area (Å²) in [6.07, 6.45) is 82.3. The Labute approximate surface area is 633 Å². The summed E-state index contributed by atoms with van der Waals surface area (Å²) in [6, 6.07) is 0. The van der Waals surface area contributed by atoms with E-state index in [1.165, 1.54) is 135 Å². The molecule has 0 spiro atoms. The van der Waals surface area contributed by atoms with Gasteiger partial charge in [-0.3, -0.25) is 37.3 Å². The lowest BCUT2D eigenvalue weighted by atomic mass is 10.0. The van der Waals surface area contributed by atoms with Crippen molar-refractivity contribution in [3.63, 3.8) is 0 Å². The molecule has 0 aliphatic heterocycles. The van der Waals surface area contributed by atoms with Crippen LogP contribution in [-0.4, -0.2) is 96.7 Å². The zero-order chi connectivity index (χ0) is 76.0. The molecule has 0 aromatic rings. The minimum Gasteiger partial charge on any atom is -0.462 e. The van der Waals surface area contributed by atoms with E-state index in [1.807, 2.05) is 0 Å². The van der Waals surface area contributed by atoms with Crippen LogP contribution in [0, 0.1) is 0 Å². The number of hydrogen-bond acceptors (Lipinski definition) is 15. The van der Waals surface area contributed by atoms with E-state index in [4.69, 9.17) is 37.0 Å². The standard InChI is InChI=1S/C85H150O17P2/c1-5-9-13-17-21-25-29-33-37-38-39-40-44-46-50-54-58-62-66-70-83(88)96-76-81(102-85(90)72-68-64-60-56-52-48-43-36-32-28-24-20-16-12-8-4)78-100-104(93,94)98-74-79(86)73-97-103(91,92)99-77-80(101-84(89)71-67-63-59-55-51-47-42-35-31-27-23-19-15-11-7-3)75-95-82(87)69-65-61-57-53-49-45-41-34-30-26-22-18-14-10-6-2/h9,12-13,16,21,24-25,28,33,36-37,39-40,43,46,50,79-81,86H,5-8,10-11,14-15,17-20,22-23,26-27,29-32,34-35,38,41-42,44-45,47-49,51-78H2,1-4H3,(H,91,92)(H,93,94)/b13-9-,16-12-,25-21-,28-24-,37-33-,40-39-,43-36-,50-46-. The van der Waals surface area contributed by atoms with Crippen molar-refractivity contribution < 1.29 is 80.2 Å². The molecule has 0 saturated carbocycles. The fraction of sp³-hybridized carbons (Fsp3) is 0.765. The zero-order valence-electron chi connectivity index (χ0n) is 65.9. The summed E-state index contributed by atoms with van der Waals surface area (Å²) < 4.78 is 68.7. The molecule has 0 heterocycles. The lowest BCUT2D eigenvalue weighted by Gasteiger charge is -2.21. The highest BCUT2D eigenvalue weighted by atomic mass is 31.2. The van der Waals surface area contributed by atoms with Gasteiger partial charge < -0.3 is 33.8 Å². The van der Waals surface area contributed by atoms with Crippen molar-refractivity contribution in [3.8, 4) is 0 Å². The van der Waals surface area contributed by atoms with Gasteiger partial charge in [0.05, 0.1) is 26.4 Å². The van der Waals surface area contributed by atoms with Crippen LogP contribution < -0.4 is 0 Å². The van der Waals surface area contributed by atoms with Crippen LogP contribution in [0.25, 0.3) is 0 Å². The van der Waals surface area contributed by atoms with E-state index in [2.05, 4.69) is 125 Å². The molecule has 0 aromatic carbocycles. The maximum atomic E-state index is 13.1. The molecule has 0 aliphatic carbocycles. The quantitative estimate of drug-likeness (QED) is 0.0169. The van der Waals surface area contributed by atoms with Gasteiger partial charge in [0.2, 0.25) is 0 Å². The van der Waals surface area contributed by atoms with Crippen LogP contribution in [0.15, 0.2) is 97.2 Å². The van der Waals surface area contributed by atoms with Crippen molar-refractivity contribution in [3.05, 3.63) is 97.2 Å². The highest BCUT2D eigenvalue weighted by molar-refractivity contribution is 7.47. The molecule has 0 aromatic heterocycles. The molecule has 0 aliphatic rings. The number of hydrogen-bond donors (Lipinski definition) is 3. The maximum absolute atomic E-state index is 13.1. The predicted octanol–water partition coefficient (Wildman–Crippen LogP) is 24.3. The molecule has 0 fully saturated rings. The van der Waals surface area contributed by atoms with E-state index in [0.717, 1.165) is 148 Å². The van der Waals surface area contributed by atoms with E-state index in [1.54, 1.807) is 0 Å². The van der Waals surface area contributed by atoms with Gasteiger partial charge in [-0.25, -0.2) is 9.13 Å². The fourth-order valence-electron chi connectivity index (χ4n) is 11.3. The van der Waals surface area contributed by atoms with Crippen LogP contribution in [0.3, 0.4) is 0 Å². The van der Waals surface area contributed by atoms with E-state index in [-0.39, 0.29) is 25.7 Å². The van der Waals surface area contributed by atoms with Gasteiger partial charge >= 0.3 is 39.5 Å². The molecule has 602 valence electrons. The highest BCUT2D eigenvalue weighted by Crippen LogP contribution is 2.45. The number of phosphoric ester groups is 2. The number of phosphoric acid groups is 2. The van der Waals surface area contributed by atoms with Crippen molar-refractivity contribution >= 4 is 39.5 Å². The number of allylic oxidation sites excluding steroid dienone is 16. The number of carbonyl (C=O) groups excluding carboxylic acids is 4. The van der Waals surface area contributed by atoms with Gasteiger partial charge in [-0.05, 0) is 103 Å². The number of ether oxygens (including phenoxy) is 4. The molecule has 104 heavy (non-hydrogen) atoms. The summed E-state index contributed by atoms with van der Waals surface area (Å²) in [6.45, 7) is 4.67. The van der Waals surface area contributed by atoms with E-state index >= 15 is 0 Å². The first kappa shape index (κ1) is 100.0. The Kier molecular flexibility index (Phi) is 74.2. The topological polar surface area (TPSA) is 237 Å². The van der Waals surface area contributed by atoms with Crippen LogP contribution in [0.2, 0.25) is 0 Å². The third-order valence-electron chi connectivity index (χ3n) is 17.6. The van der Waals surface area contributed by atoms with Gasteiger partial charge in [-0.15, -0.1) is 0 Å². The molecule has 0 rings (SSSR count). The molecule has 19 heteroatoms. The fourth-order valence-corrected chi connectivity index (χ4v) is 12.9. The first-order valence-electron chi connectivity index (χ1n) is 41.5. The predicted molar refractivity (Wildman–Crippen MR) is 427 cm³/mol. The molecule has 3 N–H and O–H groups in total. The van der Waals surface area contributed by atoms with Crippen LogP contribution >= 0.6 is 15.6 Å². The lowest BCUT2D eigenvalue weighted by Crippen LogP contribution is -2.30. The average molecular weight is 1510 g/mol. The second kappa shape index (κ2) is 77.1. The first-order valence-corrected chi connectivity index (χ1v) is 44.5. The van der Waals surface area contributed by atoms with Crippen molar-refractivity contribution in [2.24, 2.45) is 0 Å². The van der Waals surface area contributed by atoms with Gasteiger partial charge in [0.25, 0.3) is 0 Å². The average Bonchev–Trinajstić information content (AvgIpc) is 0.918. The summed E-state index contributed by atoms with van der Waals surface area (Å²) in [5.41, 5.74) is 0. The number of aliphatic hydroxyl groups excluding tert-OH is 1. The summed E-state index contributed by atoms with van der Waals surface area (Å²) in [4.78, 5) is 73.1. The minimum absolute atomic E-state index is 0.0678. The molecule has 0 saturated heterocycles. The number of esters is 4. The Balaban J connectivity index is 5.37. The third-order valence-corrected chi connectivity index (χ3v) is 19.5. The Morgan fingerprint density at radius 3 is 0.779 bits per heavy atom. The van der Waals surface area contributed by atoms with Crippen molar-refractivity contribution in [1.82, 2.24) is 0 Å². The van der Waals surface area contributed by atoms with Crippen molar-refractivity contribution in [2.45, 2.75) is 380 Å². The SMILES string of the molecule is CC/C=C\C/C=C\C/C=C\C/C=C\C/C=C\CCCCCC(=O)OCC(COP(=O)(O)OCC(O)COP(=O)(O)OCC(COC(=O)CCCCCCCCCCCCCCCCC)OC(=O)CCCCCCCCCCCCCCCCC)OC(=O)CCCCCCC/C=C\C/C=C\C/C=C\CC. The number of unbranched alkanes of at least 4 members (excludes halogenated alkanes) is 36. The first-order chi connectivity index (χ1) is 50.7. The Bertz CT molecular complexity index is 2350. The van der Waals surface area contributed by atoms with Crippen LogP contribution in [-0.2, 0) is 65.4 Å². The van der Waals surface area contributed by atoms with E-state index < -0.39 is 97.5 Å². The molecule has 5 atom stereocenters. The smallest absolute Gasteiger partial charge is 0.462 e. The molecular weight excluding hydrogens is 1350 g/mol. The summed E-state index contributed by atoms with van der Waals surface area (Å²) in [7, 11) is -9.96. The number of aliphatic hydroxyl groups is 1. The second-order valence-corrected chi connectivity index (χ2v) is 30.6. The highest BCUT2D eigenvalue weighted by Gasteiger charge is 2.30. The third kappa shape index (κ3) is 76.2. The minimum atomic E-state index is -4.99. The lowest BCUT2D eigenvalue weighted by molar-refractivity contribution is -0.161. The van der Waals surface area contributed by atoms with Crippen molar-refractivity contribution in [2.75, 3.05) is 39.6 Å². The van der Waals surface area contributed by atoms with Gasteiger partial charge in [0.15, 0.2) is 12.2 Å². The van der Waals surface area contributed by atoms with Gasteiger partial charge in [0.1, 0.15) is 19.3 Å². The molecule has 0 bridgehead atoms. The van der Waals surface area contributed by atoms with Gasteiger partial charge in [-0.2, -0.15) is 0 Å². The largest absolute Gasteiger partial charge is 0.472 e. The van der Waals surface area contributed by atoms with E-state index in [9.17, 15) is 43.2 Å². The van der Waals surface area contributed by atoms with E-state index in [0.29, 0.717) is 25.7 Å². The summed E-state index contributed by atoms with van der Waals surface area (Å²) in [5.74, 6) is -2.20. The van der Waals surface area contributed by atoms with Crippen LogP contribution in [0.1, 0.15) is 362 Å². The Morgan fingerprint density at radius 2 is 0.500 bits per heavy atom. The maximum Gasteiger partial charge on any atom is 0.472 e. The normalized spacial score (nSPS) is 14.3. The van der Waals surface area contributed by atoms with Gasteiger partial charge in [-0.1, -0.05) is 330 Å². The molecular formula is C85H150O17P2. The molecule has 5 unspecified atom stereocenters. The summed E-state index contributed by atoms with van der Waals surface area (Å²) in [5, 5.41) is 10.7. The molecule has 17 nitrogen and oxygen atoms in total.